The minimum absolute atomic E-state index is 0.0286. The third-order valence-electron chi connectivity index (χ3n) is 7.72. The van der Waals surface area contributed by atoms with Crippen LogP contribution in [0.4, 0.5) is 13.2 Å². The third-order valence-corrected chi connectivity index (χ3v) is 9.47. The summed E-state index contributed by atoms with van der Waals surface area (Å²) in [7, 11) is -3.37. The lowest BCUT2D eigenvalue weighted by Gasteiger charge is -2.35. The second-order valence-corrected chi connectivity index (χ2v) is 13.1. The number of amides is 1. The Morgan fingerprint density at radius 1 is 1.23 bits per heavy atom. The fourth-order valence-corrected chi connectivity index (χ4v) is 6.35. The van der Waals surface area contributed by atoms with Gasteiger partial charge >= 0.3 is 6.18 Å². The standard InChI is InChI=1S/C28H36F3N3O5S/c1-4-40(37,38)23-9-5-18(6-10-23)24(15-35)33-27(36)19-11-20-13-34(26(17(2)3)25(20)32-12-19)14-22-8-7-21(16-39-22)28(29,30)31/h5-6,9-12,17,21-22,24,26,35H,4,7-8,13-16H2,1-3H3,(H,33,36)/t21?,22-,24-,26?/m0/s1. The highest BCUT2D eigenvalue weighted by Crippen LogP contribution is 2.39. The predicted octanol–water partition coefficient (Wildman–Crippen LogP) is 4.21. The fraction of sp³-hybridized carbons (Fsp3) is 0.571. The van der Waals surface area contributed by atoms with Gasteiger partial charge < -0.3 is 15.2 Å². The molecule has 4 rings (SSSR count). The van der Waals surface area contributed by atoms with Gasteiger partial charge in [0.15, 0.2) is 9.84 Å². The maximum atomic E-state index is 13.1. The van der Waals surface area contributed by atoms with Crippen LogP contribution in [-0.2, 0) is 21.1 Å². The lowest BCUT2D eigenvalue weighted by atomic mass is 9.96. The molecule has 0 saturated carbocycles. The first-order valence-electron chi connectivity index (χ1n) is 13.5. The molecule has 0 aliphatic carbocycles. The molecule has 220 valence electrons. The van der Waals surface area contributed by atoms with Crippen LogP contribution in [0.3, 0.4) is 0 Å². The Bertz CT molecular complexity index is 1290. The van der Waals surface area contributed by atoms with E-state index in [1.807, 2.05) is 0 Å². The van der Waals surface area contributed by atoms with Gasteiger partial charge in [-0.2, -0.15) is 13.2 Å². The number of halogens is 3. The number of carbonyl (C=O) groups excluding carboxylic acids is 1. The van der Waals surface area contributed by atoms with Crippen LogP contribution < -0.4 is 5.32 Å². The van der Waals surface area contributed by atoms with E-state index >= 15 is 0 Å². The molecule has 1 aromatic heterocycles. The van der Waals surface area contributed by atoms with Crippen molar-refractivity contribution in [3.05, 3.63) is 58.9 Å². The van der Waals surface area contributed by atoms with Crippen molar-refractivity contribution in [2.45, 2.75) is 69.4 Å². The van der Waals surface area contributed by atoms with Gasteiger partial charge in [-0.1, -0.05) is 32.9 Å². The summed E-state index contributed by atoms with van der Waals surface area (Å²) in [6.45, 7) is 5.92. The van der Waals surface area contributed by atoms with Crippen LogP contribution in [-0.4, -0.2) is 67.1 Å². The Morgan fingerprint density at radius 3 is 2.48 bits per heavy atom. The number of fused-ring (bicyclic) bond motifs is 1. The molecule has 1 fully saturated rings. The molecular formula is C28H36F3N3O5S. The maximum absolute atomic E-state index is 13.1. The summed E-state index contributed by atoms with van der Waals surface area (Å²) >= 11 is 0. The van der Waals surface area contributed by atoms with Gasteiger partial charge in [-0.3, -0.25) is 14.7 Å². The zero-order chi connectivity index (χ0) is 29.2. The number of sulfone groups is 1. The van der Waals surface area contributed by atoms with Crippen molar-refractivity contribution in [1.29, 1.82) is 0 Å². The lowest BCUT2D eigenvalue weighted by Crippen LogP contribution is -2.41. The number of nitrogens with one attached hydrogen (secondary N) is 1. The number of hydrogen-bond donors (Lipinski definition) is 2. The monoisotopic (exact) mass is 583 g/mol. The van der Waals surface area contributed by atoms with E-state index in [9.17, 15) is 31.5 Å². The average Bonchev–Trinajstić information content (AvgIpc) is 3.28. The fourth-order valence-electron chi connectivity index (χ4n) is 5.46. The van der Waals surface area contributed by atoms with Gasteiger partial charge in [0.05, 0.1) is 59.2 Å². The Labute approximate surface area is 232 Å². The number of aliphatic hydroxyl groups excluding tert-OH is 1. The highest BCUT2D eigenvalue weighted by atomic mass is 32.2. The third kappa shape index (κ3) is 6.67. The highest BCUT2D eigenvalue weighted by molar-refractivity contribution is 7.91. The summed E-state index contributed by atoms with van der Waals surface area (Å²) in [5.41, 5.74) is 2.58. The predicted molar refractivity (Wildman–Crippen MR) is 142 cm³/mol. The van der Waals surface area contributed by atoms with Crippen LogP contribution in [0, 0.1) is 11.8 Å². The number of aliphatic hydroxyl groups is 1. The van der Waals surface area contributed by atoms with E-state index in [-0.39, 0.29) is 48.3 Å². The van der Waals surface area contributed by atoms with Crippen LogP contribution in [0.25, 0.3) is 0 Å². The molecule has 0 bridgehead atoms. The van der Waals surface area contributed by atoms with Gasteiger partial charge in [0, 0.05) is 19.3 Å². The Kier molecular flexibility index (Phi) is 9.23. The molecule has 0 spiro atoms. The summed E-state index contributed by atoms with van der Waals surface area (Å²) in [5.74, 6) is -1.71. The number of benzene rings is 1. The van der Waals surface area contributed by atoms with Crippen LogP contribution >= 0.6 is 0 Å². The normalized spacial score (nSPS) is 22.8. The molecule has 4 atom stereocenters. The van der Waals surface area contributed by atoms with Gasteiger partial charge in [0.2, 0.25) is 0 Å². The number of alkyl halides is 3. The zero-order valence-electron chi connectivity index (χ0n) is 22.8. The van der Waals surface area contributed by atoms with Crippen molar-refractivity contribution in [2.75, 3.05) is 25.5 Å². The maximum Gasteiger partial charge on any atom is 0.394 e. The van der Waals surface area contributed by atoms with Crippen molar-refractivity contribution >= 4 is 15.7 Å². The topological polar surface area (TPSA) is 109 Å². The van der Waals surface area contributed by atoms with Crippen molar-refractivity contribution in [1.82, 2.24) is 15.2 Å². The number of ether oxygens (including phenoxy) is 1. The first-order chi connectivity index (χ1) is 18.8. The molecule has 8 nitrogen and oxygen atoms in total. The van der Waals surface area contributed by atoms with Crippen molar-refractivity contribution in [2.24, 2.45) is 11.8 Å². The van der Waals surface area contributed by atoms with Gasteiger partial charge in [0.1, 0.15) is 0 Å². The summed E-state index contributed by atoms with van der Waals surface area (Å²) in [5, 5.41) is 12.7. The van der Waals surface area contributed by atoms with Gasteiger partial charge in [-0.25, -0.2) is 8.42 Å². The number of aromatic nitrogens is 1. The Hall–Kier alpha value is -2.54. The van der Waals surface area contributed by atoms with E-state index in [2.05, 4.69) is 29.0 Å². The minimum Gasteiger partial charge on any atom is -0.394 e. The summed E-state index contributed by atoms with van der Waals surface area (Å²) < 4.78 is 68.8. The second-order valence-electron chi connectivity index (χ2n) is 10.8. The first-order valence-corrected chi connectivity index (χ1v) is 15.1. The van der Waals surface area contributed by atoms with E-state index in [4.69, 9.17) is 4.74 Å². The van der Waals surface area contributed by atoms with E-state index in [1.165, 1.54) is 18.3 Å². The van der Waals surface area contributed by atoms with Crippen molar-refractivity contribution in [3.63, 3.8) is 0 Å². The molecule has 2 N–H and O–H groups in total. The number of rotatable bonds is 9. The van der Waals surface area contributed by atoms with E-state index in [0.29, 0.717) is 30.6 Å². The summed E-state index contributed by atoms with van der Waals surface area (Å²) in [4.78, 5) is 20.0. The zero-order valence-corrected chi connectivity index (χ0v) is 23.6. The molecule has 2 unspecified atom stereocenters. The average molecular weight is 584 g/mol. The molecule has 1 aromatic carbocycles. The number of pyridine rings is 1. The van der Waals surface area contributed by atoms with Crippen LogP contribution in [0.15, 0.2) is 41.4 Å². The van der Waals surface area contributed by atoms with Gasteiger partial charge in [-0.15, -0.1) is 0 Å². The number of carbonyl (C=O) groups is 1. The smallest absolute Gasteiger partial charge is 0.394 e. The molecule has 12 heteroatoms. The second kappa shape index (κ2) is 12.1. The lowest BCUT2D eigenvalue weighted by molar-refractivity contribution is -0.209. The molecule has 2 aliphatic heterocycles. The van der Waals surface area contributed by atoms with Crippen LogP contribution in [0.5, 0.6) is 0 Å². The molecular weight excluding hydrogens is 547 g/mol. The molecule has 0 radical (unpaired) electrons. The van der Waals surface area contributed by atoms with Crippen LogP contribution in [0.2, 0.25) is 0 Å². The number of nitrogens with zero attached hydrogens (tertiary/aromatic N) is 2. The first kappa shape index (κ1) is 30.4. The molecule has 1 amide bonds. The number of hydrogen-bond acceptors (Lipinski definition) is 7. The van der Waals surface area contributed by atoms with E-state index in [0.717, 1.165) is 11.3 Å². The molecule has 2 aliphatic rings. The molecule has 3 heterocycles. The highest BCUT2D eigenvalue weighted by Gasteiger charge is 2.43. The molecule has 1 saturated heterocycles. The van der Waals surface area contributed by atoms with E-state index in [1.54, 1.807) is 25.1 Å². The van der Waals surface area contributed by atoms with Gasteiger partial charge in [0.25, 0.3) is 5.91 Å². The van der Waals surface area contributed by atoms with Crippen LogP contribution in [0.1, 0.15) is 72.9 Å². The summed E-state index contributed by atoms with van der Waals surface area (Å²) in [6, 6.07) is 7.02. The molecule has 2 aromatic rings. The minimum atomic E-state index is -4.25. The van der Waals surface area contributed by atoms with Gasteiger partial charge in [-0.05, 0) is 48.1 Å². The van der Waals surface area contributed by atoms with E-state index < -0.39 is 33.9 Å². The largest absolute Gasteiger partial charge is 0.394 e. The summed E-state index contributed by atoms with van der Waals surface area (Å²) in [6.07, 6.45) is -2.68. The van der Waals surface area contributed by atoms with Crippen molar-refractivity contribution in [3.8, 4) is 0 Å². The molecule has 40 heavy (non-hydrogen) atoms. The Balaban J connectivity index is 1.44. The SMILES string of the molecule is CCS(=O)(=O)c1ccc([C@H](CO)NC(=O)c2cnc3c(c2)CN(C[C@@H]2CCC(C(F)(F)F)CO2)C3C(C)C)cc1. The quantitative estimate of drug-likeness (QED) is 0.455. The van der Waals surface area contributed by atoms with Crippen molar-refractivity contribution < 1.29 is 36.2 Å². The Morgan fingerprint density at radius 2 is 1.93 bits per heavy atom.